The standard InChI is InChI=1S/C8H5BrClNO2/c9-3-6-7(13-4-11-6)5-1-2-12-8(5)10/h1-2,4H,3H2. The summed E-state index contributed by atoms with van der Waals surface area (Å²) in [5.41, 5.74) is 1.54. The Morgan fingerprint density at radius 1 is 1.46 bits per heavy atom. The van der Waals surface area contributed by atoms with Crippen molar-refractivity contribution in [2.24, 2.45) is 0 Å². The van der Waals surface area contributed by atoms with Crippen molar-refractivity contribution in [1.82, 2.24) is 4.98 Å². The van der Waals surface area contributed by atoms with E-state index in [-0.39, 0.29) is 0 Å². The van der Waals surface area contributed by atoms with E-state index in [4.69, 9.17) is 20.4 Å². The Morgan fingerprint density at radius 3 is 2.92 bits per heavy atom. The molecule has 0 aliphatic carbocycles. The lowest BCUT2D eigenvalue weighted by Gasteiger charge is -1.93. The lowest BCUT2D eigenvalue weighted by Crippen LogP contribution is -1.80. The minimum Gasteiger partial charge on any atom is -0.452 e. The maximum Gasteiger partial charge on any atom is 0.204 e. The minimum atomic E-state index is 0.318. The summed E-state index contributed by atoms with van der Waals surface area (Å²) in [5.74, 6) is 0.649. The Labute approximate surface area is 87.8 Å². The molecule has 0 aromatic carbocycles. The Morgan fingerprint density at radius 2 is 2.31 bits per heavy atom. The van der Waals surface area contributed by atoms with Gasteiger partial charge in [0, 0.05) is 5.33 Å². The fourth-order valence-electron chi connectivity index (χ4n) is 1.04. The second kappa shape index (κ2) is 3.55. The quantitative estimate of drug-likeness (QED) is 0.778. The zero-order valence-electron chi connectivity index (χ0n) is 6.46. The van der Waals surface area contributed by atoms with E-state index >= 15 is 0 Å². The third-order valence-corrected chi connectivity index (χ3v) is 2.45. The SMILES string of the molecule is Clc1occc1-c1ocnc1CBr. The Kier molecular flexibility index (Phi) is 2.42. The van der Waals surface area contributed by atoms with Crippen molar-refractivity contribution in [2.75, 3.05) is 0 Å². The molecule has 0 saturated carbocycles. The monoisotopic (exact) mass is 261 g/mol. The molecule has 5 heteroatoms. The lowest BCUT2D eigenvalue weighted by molar-refractivity contribution is 0.558. The van der Waals surface area contributed by atoms with Crippen LogP contribution in [0.2, 0.25) is 5.22 Å². The summed E-state index contributed by atoms with van der Waals surface area (Å²) in [6.45, 7) is 0. The largest absolute Gasteiger partial charge is 0.452 e. The first kappa shape index (κ1) is 8.84. The van der Waals surface area contributed by atoms with Crippen LogP contribution in [0.15, 0.2) is 27.6 Å². The van der Waals surface area contributed by atoms with Gasteiger partial charge in [0.15, 0.2) is 12.2 Å². The first-order valence-corrected chi connectivity index (χ1v) is 5.04. The summed E-state index contributed by atoms with van der Waals surface area (Å²) in [5, 5.41) is 0.944. The molecule has 0 N–H and O–H groups in total. The van der Waals surface area contributed by atoms with Gasteiger partial charge in [-0.1, -0.05) is 15.9 Å². The van der Waals surface area contributed by atoms with Gasteiger partial charge in [-0.2, -0.15) is 0 Å². The normalized spacial score (nSPS) is 10.6. The Bertz CT molecular complexity index is 410. The van der Waals surface area contributed by atoms with E-state index in [1.54, 1.807) is 6.07 Å². The molecule has 2 heterocycles. The molecular weight excluding hydrogens is 257 g/mol. The average molecular weight is 262 g/mol. The van der Waals surface area contributed by atoms with Crippen molar-refractivity contribution in [3.05, 3.63) is 29.6 Å². The van der Waals surface area contributed by atoms with Crippen molar-refractivity contribution < 1.29 is 8.83 Å². The van der Waals surface area contributed by atoms with E-state index in [0.717, 1.165) is 11.3 Å². The number of halogens is 2. The molecule has 3 nitrogen and oxygen atoms in total. The fraction of sp³-hybridized carbons (Fsp3) is 0.125. The maximum atomic E-state index is 5.79. The van der Waals surface area contributed by atoms with Crippen molar-refractivity contribution in [3.8, 4) is 11.3 Å². The molecule has 0 spiro atoms. The van der Waals surface area contributed by atoms with Gasteiger partial charge in [-0.3, -0.25) is 0 Å². The molecule has 0 radical (unpaired) electrons. The first-order valence-electron chi connectivity index (χ1n) is 3.54. The van der Waals surface area contributed by atoms with Crippen LogP contribution in [0.25, 0.3) is 11.3 Å². The molecule has 0 saturated heterocycles. The molecular formula is C8H5BrClNO2. The van der Waals surface area contributed by atoms with Crippen LogP contribution in [0.1, 0.15) is 5.69 Å². The zero-order valence-corrected chi connectivity index (χ0v) is 8.80. The number of alkyl halides is 1. The zero-order chi connectivity index (χ0) is 9.26. The highest BCUT2D eigenvalue weighted by Crippen LogP contribution is 2.31. The van der Waals surface area contributed by atoms with Crippen molar-refractivity contribution in [1.29, 1.82) is 0 Å². The predicted octanol–water partition coefficient (Wildman–Crippen LogP) is 3.48. The van der Waals surface area contributed by atoms with Crippen LogP contribution in [0.3, 0.4) is 0 Å². The summed E-state index contributed by atoms with van der Waals surface area (Å²) < 4.78 is 10.1. The highest BCUT2D eigenvalue weighted by molar-refractivity contribution is 9.08. The van der Waals surface area contributed by atoms with E-state index < -0.39 is 0 Å². The highest BCUT2D eigenvalue weighted by atomic mass is 79.9. The predicted molar refractivity (Wildman–Crippen MR) is 51.8 cm³/mol. The van der Waals surface area contributed by atoms with Gasteiger partial charge >= 0.3 is 0 Å². The molecule has 2 aromatic rings. The van der Waals surface area contributed by atoms with Crippen molar-refractivity contribution >= 4 is 27.5 Å². The average Bonchev–Trinajstić information content (AvgIpc) is 2.71. The second-order valence-electron chi connectivity index (χ2n) is 2.37. The van der Waals surface area contributed by atoms with Crippen molar-refractivity contribution in [3.63, 3.8) is 0 Å². The highest BCUT2D eigenvalue weighted by Gasteiger charge is 2.14. The van der Waals surface area contributed by atoms with Gasteiger partial charge in [-0.05, 0) is 17.7 Å². The number of hydrogen-bond donors (Lipinski definition) is 0. The van der Waals surface area contributed by atoms with E-state index in [2.05, 4.69) is 20.9 Å². The van der Waals surface area contributed by atoms with Crippen LogP contribution in [-0.4, -0.2) is 4.98 Å². The summed E-state index contributed by atoms with van der Waals surface area (Å²) in [6, 6.07) is 1.75. The number of rotatable bonds is 2. The molecule has 0 bridgehead atoms. The third kappa shape index (κ3) is 1.51. The van der Waals surface area contributed by atoms with Gasteiger partial charge in [-0.15, -0.1) is 0 Å². The molecule has 13 heavy (non-hydrogen) atoms. The van der Waals surface area contributed by atoms with Crippen LogP contribution in [0.5, 0.6) is 0 Å². The summed E-state index contributed by atoms with van der Waals surface area (Å²) in [7, 11) is 0. The maximum absolute atomic E-state index is 5.79. The molecule has 0 amide bonds. The van der Waals surface area contributed by atoms with Crippen molar-refractivity contribution in [2.45, 2.75) is 5.33 Å². The molecule has 2 aromatic heterocycles. The second-order valence-corrected chi connectivity index (χ2v) is 3.27. The van der Waals surface area contributed by atoms with Gasteiger partial charge in [0.25, 0.3) is 0 Å². The van der Waals surface area contributed by atoms with E-state index in [0.29, 0.717) is 16.3 Å². The lowest BCUT2D eigenvalue weighted by atomic mass is 10.2. The molecule has 68 valence electrons. The Balaban J connectivity index is 2.52. The van der Waals surface area contributed by atoms with Crippen LogP contribution >= 0.6 is 27.5 Å². The van der Waals surface area contributed by atoms with Gasteiger partial charge in [-0.25, -0.2) is 4.98 Å². The molecule has 0 aliphatic heterocycles. The van der Waals surface area contributed by atoms with E-state index in [9.17, 15) is 0 Å². The smallest absolute Gasteiger partial charge is 0.204 e. The van der Waals surface area contributed by atoms with Gasteiger partial charge in [0.1, 0.15) is 0 Å². The molecule has 0 fully saturated rings. The van der Waals surface area contributed by atoms with Gasteiger partial charge < -0.3 is 8.83 Å². The fourth-order valence-corrected chi connectivity index (χ4v) is 1.64. The molecule has 0 atom stereocenters. The number of hydrogen-bond acceptors (Lipinski definition) is 3. The number of aromatic nitrogens is 1. The van der Waals surface area contributed by atoms with Crippen LogP contribution in [-0.2, 0) is 5.33 Å². The van der Waals surface area contributed by atoms with E-state index in [1.165, 1.54) is 12.7 Å². The topological polar surface area (TPSA) is 39.2 Å². The minimum absolute atomic E-state index is 0.318. The van der Waals surface area contributed by atoms with Crippen LogP contribution in [0, 0.1) is 0 Å². The van der Waals surface area contributed by atoms with E-state index in [1.807, 2.05) is 0 Å². The number of oxazole rings is 1. The molecule has 0 aliphatic rings. The third-order valence-electron chi connectivity index (χ3n) is 1.63. The van der Waals surface area contributed by atoms with Crippen LogP contribution in [0.4, 0.5) is 0 Å². The molecule has 0 unspecified atom stereocenters. The molecule has 2 rings (SSSR count). The summed E-state index contributed by atoms with van der Waals surface area (Å²) >= 11 is 9.09. The van der Waals surface area contributed by atoms with Crippen LogP contribution < -0.4 is 0 Å². The summed E-state index contributed by atoms with van der Waals surface area (Å²) in [6.07, 6.45) is 2.90. The van der Waals surface area contributed by atoms with Gasteiger partial charge in [0.05, 0.1) is 17.5 Å². The van der Waals surface area contributed by atoms with Gasteiger partial charge in [0.2, 0.25) is 5.22 Å². The summed E-state index contributed by atoms with van der Waals surface area (Å²) in [4.78, 5) is 4.02. The Hall–Kier alpha value is -0.740. The number of furan rings is 1. The number of nitrogens with zero attached hydrogens (tertiary/aromatic N) is 1. The first-order chi connectivity index (χ1) is 6.33.